The second-order valence-electron chi connectivity index (χ2n) is 4.41. The lowest BCUT2D eigenvalue weighted by Crippen LogP contribution is -1.87. The molecule has 0 fully saturated rings. The summed E-state index contributed by atoms with van der Waals surface area (Å²) in [6, 6.07) is 19.3. The number of benzene rings is 3. The van der Waals surface area contributed by atoms with Gasteiger partial charge in [-0.2, -0.15) is 0 Å². The van der Waals surface area contributed by atoms with Crippen LogP contribution in [0, 0.1) is 0 Å². The Morgan fingerprint density at radius 2 is 1.44 bits per heavy atom. The number of allylic oxidation sites excluding steroid dienone is 1. The summed E-state index contributed by atoms with van der Waals surface area (Å²) >= 11 is 0. The lowest BCUT2D eigenvalue weighted by molar-refractivity contribution is 1.33. The highest BCUT2D eigenvalue weighted by atomic mass is 14.1. The van der Waals surface area contributed by atoms with Crippen molar-refractivity contribution >= 4 is 21.5 Å². The normalized spacial score (nSPS) is 10.4. The zero-order valence-electron chi connectivity index (χ0n) is 10.2. The second-order valence-corrected chi connectivity index (χ2v) is 4.41. The van der Waals surface area contributed by atoms with E-state index < -0.39 is 0 Å². The summed E-state index contributed by atoms with van der Waals surface area (Å²) in [5, 5.41) is 5.23. The number of hydrogen-bond donors (Lipinski definition) is 0. The van der Waals surface area contributed by atoms with E-state index in [2.05, 4.69) is 66.9 Å². The minimum absolute atomic E-state index is 0.880. The van der Waals surface area contributed by atoms with Gasteiger partial charge in [0.05, 0.1) is 0 Å². The topological polar surface area (TPSA) is 0 Å². The first-order valence-electron chi connectivity index (χ1n) is 6.14. The Kier molecular flexibility index (Phi) is 2.72. The minimum Gasteiger partial charge on any atom is -0.133 e. The fourth-order valence-electron chi connectivity index (χ4n) is 2.50. The maximum atomic E-state index is 3.66. The van der Waals surface area contributed by atoms with E-state index in [4.69, 9.17) is 0 Å². The molecule has 0 aliphatic carbocycles. The van der Waals surface area contributed by atoms with Crippen molar-refractivity contribution in [3.05, 3.63) is 78.5 Å². The van der Waals surface area contributed by atoms with Gasteiger partial charge in [0.1, 0.15) is 0 Å². The number of hydrogen-bond acceptors (Lipinski definition) is 0. The predicted octanol–water partition coefficient (Wildman–Crippen LogP) is 4.88. The van der Waals surface area contributed by atoms with E-state index in [0.717, 1.165) is 6.42 Å². The standard InChI is InChI=1S/C18H14/c1-2-3-10-18-16-11-6-4-8-14(16)13-15-9-5-7-12-17(15)18/h3-9,11-13H,1,10H2. The lowest BCUT2D eigenvalue weighted by atomic mass is 9.95. The van der Waals surface area contributed by atoms with Crippen LogP contribution in [-0.4, -0.2) is 0 Å². The van der Waals surface area contributed by atoms with Crippen molar-refractivity contribution in [3.63, 3.8) is 0 Å². The number of rotatable bonds is 2. The van der Waals surface area contributed by atoms with Gasteiger partial charge in [0.15, 0.2) is 0 Å². The summed E-state index contributed by atoms with van der Waals surface area (Å²) in [7, 11) is 0. The van der Waals surface area contributed by atoms with Gasteiger partial charge in [-0.3, -0.25) is 0 Å². The van der Waals surface area contributed by atoms with Crippen LogP contribution in [-0.2, 0) is 6.42 Å². The first kappa shape index (κ1) is 10.8. The molecule has 0 aliphatic rings. The first-order valence-corrected chi connectivity index (χ1v) is 6.14. The van der Waals surface area contributed by atoms with Crippen LogP contribution in [0.1, 0.15) is 5.56 Å². The fraction of sp³-hybridized carbons (Fsp3) is 0.0556. The maximum absolute atomic E-state index is 3.66. The molecule has 0 nitrogen and oxygen atoms in total. The summed E-state index contributed by atoms with van der Waals surface area (Å²) in [6.45, 7) is 3.66. The quantitative estimate of drug-likeness (QED) is 0.435. The van der Waals surface area contributed by atoms with Crippen molar-refractivity contribution in [1.29, 1.82) is 0 Å². The Hall–Kier alpha value is -2.30. The van der Waals surface area contributed by atoms with Crippen LogP contribution in [0.4, 0.5) is 0 Å². The SMILES string of the molecule is C=C=CCc1c2ccccc2cc2ccccc12. The molecule has 0 heteroatoms. The molecule has 0 saturated carbocycles. The molecular formula is C18H14. The van der Waals surface area contributed by atoms with Crippen molar-refractivity contribution in [3.8, 4) is 0 Å². The summed E-state index contributed by atoms with van der Waals surface area (Å²) in [4.78, 5) is 0. The van der Waals surface area contributed by atoms with Crippen molar-refractivity contribution in [2.45, 2.75) is 6.42 Å². The largest absolute Gasteiger partial charge is 0.133 e. The zero-order valence-corrected chi connectivity index (χ0v) is 10.2. The molecule has 86 valence electrons. The van der Waals surface area contributed by atoms with Gasteiger partial charge < -0.3 is 0 Å². The molecule has 0 aromatic heterocycles. The van der Waals surface area contributed by atoms with Crippen molar-refractivity contribution in [2.75, 3.05) is 0 Å². The molecule has 0 heterocycles. The van der Waals surface area contributed by atoms with Crippen molar-refractivity contribution < 1.29 is 0 Å². The molecular weight excluding hydrogens is 216 g/mol. The van der Waals surface area contributed by atoms with Gasteiger partial charge in [-0.25, -0.2) is 0 Å². The van der Waals surface area contributed by atoms with E-state index >= 15 is 0 Å². The molecule has 18 heavy (non-hydrogen) atoms. The third-order valence-electron chi connectivity index (χ3n) is 3.33. The number of fused-ring (bicyclic) bond motifs is 2. The van der Waals surface area contributed by atoms with E-state index in [1.54, 1.807) is 0 Å². The first-order chi connectivity index (χ1) is 8.90. The van der Waals surface area contributed by atoms with Crippen LogP contribution < -0.4 is 0 Å². The lowest BCUT2D eigenvalue weighted by Gasteiger charge is -2.09. The van der Waals surface area contributed by atoms with Gasteiger partial charge in [0.2, 0.25) is 0 Å². The summed E-state index contributed by atoms with van der Waals surface area (Å²) in [5.41, 5.74) is 4.23. The van der Waals surface area contributed by atoms with E-state index in [9.17, 15) is 0 Å². The molecule has 3 aromatic rings. The molecule has 0 saturated heterocycles. The molecule has 0 N–H and O–H groups in total. The van der Waals surface area contributed by atoms with Gasteiger partial charge in [-0.15, -0.1) is 5.73 Å². The Morgan fingerprint density at radius 3 is 2.00 bits per heavy atom. The smallest absolute Gasteiger partial charge is 0.000914 e. The van der Waals surface area contributed by atoms with Crippen molar-refractivity contribution in [2.24, 2.45) is 0 Å². The van der Waals surface area contributed by atoms with E-state index in [1.807, 2.05) is 6.08 Å². The fourth-order valence-corrected chi connectivity index (χ4v) is 2.50. The molecule has 3 aromatic carbocycles. The van der Waals surface area contributed by atoms with Crippen LogP contribution in [0.2, 0.25) is 0 Å². The van der Waals surface area contributed by atoms with Crippen LogP contribution >= 0.6 is 0 Å². The summed E-state index contributed by atoms with van der Waals surface area (Å²) < 4.78 is 0. The molecule has 0 atom stereocenters. The monoisotopic (exact) mass is 230 g/mol. The maximum Gasteiger partial charge on any atom is -0.000914 e. The average Bonchev–Trinajstić information content (AvgIpc) is 2.43. The predicted molar refractivity (Wildman–Crippen MR) is 78.9 cm³/mol. The highest BCUT2D eigenvalue weighted by Gasteiger charge is 2.05. The molecule has 0 radical (unpaired) electrons. The summed E-state index contributed by atoms with van der Waals surface area (Å²) in [6.07, 6.45) is 2.87. The molecule has 0 amide bonds. The van der Waals surface area contributed by atoms with Gasteiger partial charge in [-0.05, 0) is 45.7 Å². The van der Waals surface area contributed by atoms with Crippen LogP contribution in [0.5, 0.6) is 0 Å². The molecule has 0 aliphatic heterocycles. The van der Waals surface area contributed by atoms with Crippen LogP contribution in [0.3, 0.4) is 0 Å². The zero-order chi connectivity index (χ0) is 12.4. The van der Waals surface area contributed by atoms with Crippen LogP contribution in [0.25, 0.3) is 21.5 Å². The molecule has 3 rings (SSSR count). The van der Waals surface area contributed by atoms with Gasteiger partial charge >= 0.3 is 0 Å². The Bertz CT molecular complexity index is 705. The average molecular weight is 230 g/mol. The van der Waals surface area contributed by atoms with Gasteiger partial charge in [0, 0.05) is 0 Å². The van der Waals surface area contributed by atoms with Gasteiger partial charge in [-0.1, -0.05) is 55.1 Å². The highest BCUT2D eigenvalue weighted by molar-refractivity contribution is 6.02. The molecule has 0 unspecified atom stereocenters. The minimum atomic E-state index is 0.880. The van der Waals surface area contributed by atoms with E-state index in [0.29, 0.717) is 0 Å². The third kappa shape index (κ3) is 1.73. The summed E-state index contributed by atoms with van der Waals surface area (Å²) in [5.74, 6) is 0. The highest BCUT2D eigenvalue weighted by Crippen LogP contribution is 2.28. The van der Waals surface area contributed by atoms with Crippen LogP contribution in [0.15, 0.2) is 73.0 Å². The van der Waals surface area contributed by atoms with E-state index in [1.165, 1.54) is 27.1 Å². The van der Waals surface area contributed by atoms with E-state index in [-0.39, 0.29) is 0 Å². The Balaban J connectivity index is 2.45. The van der Waals surface area contributed by atoms with Crippen molar-refractivity contribution in [1.82, 2.24) is 0 Å². The molecule has 0 spiro atoms. The Labute approximate surface area is 107 Å². The second kappa shape index (κ2) is 4.52. The Morgan fingerprint density at radius 1 is 0.889 bits per heavy atom. The molecule has 0 bridgehead atoms. The van der Waals surface area contributed by atoms with Gasteiger partial charge in [0.25, 0.3) is 0 Å². The third-order valence-corrected chi connectivity index (χ3v) is 3.33.